The molecular formula is C16H23ClN4O2. The lowest BCUT2D eigenvalue weighted by Crippen LogP contribution is -2.49. The van der Waals surface area contributed by atoms with Gasteiger partial charge in [-0.05, 0) is 24.5 Å². The van der Waals surface area contributed by atoms with Crippen LogP contribution in [-0.4, -0.2) is 22.1 Å². The van der Waals surface area contributed by atoms with Crippen LogP contribution in [-0.2, 0) is 4.79 Å². The Morgan fingerprint density at radius 1 is 1.26 bits per heavy atom. The number of aromatic nitrogens is 2. The number of amides is 1. The number of nitrogens with one attached hydrogen (secondary N) is 1. The maximum atomic E-state index is 12.1. The van der Waals surface area contributed by atoms with E-state index in [-0.39, 0.29) is 29.8 Å². The summed E-state index contributed by atoms with van der Waals surface area (Å²) >= 11 is 0. The standard InChI is InChI=1S/C16H22N4O2.ClH/c1-10(18-14(21)12(17)16(2,3)4)13-19-15(22-20-13)11-8-6-5-7-9-11;/h5-10,12H,17H2,1-4H3,(H,18,21);1H/t10?,12-;/m1./s1. The first-order valence-electron chi connectivity index (χ1n) is 7.24. The monoisotopic (exact) mass is 338 g/mol. The van der Waals surface area contributed by atoms with Gasteiger partial charge >= 0.3 is 0 Å². The second-order valence-corrected chi connectivity index (χ2v) is 6.40. The van der Waals surface area contributed by atoms with E-state index >= 15 is 0 Å². The summed E-state index contributed by atoms with van der Waals surface area (Å²) < 4.78 is 5.24. The van der Waals surface area contributed by atoms with Gasteiger partial charge in [0.25, 0.3) is 5.89 Å². The Morgan fingerprint density at radius 2 is 1.87 bits per heavy atom. The molecule has 0 aliphatic rings. The molecule has 0 aliphatic carbocycles. The fraction of sp³-hybridized carbons (Fsp3) is 0.438. The Balaban J connectivity index is 0.00000264. The highest BCUT2D eigenvalue weighted by Gasteiger charge is 2.29. The quantitative estimate of drug-likeness (QED) is 0.893. The molecule has 2 atom stereocenters. The largest absolute Gasteiger partial charge is 0.345 e. The highest BCUT2D eigenvalue weighted by atomic mass is 35.5. The summed E-state index contributed by atoms with van der Waals surface area (Å²) in [7, 11) is 0. The van der Waals surface area contributed by atoms with Crippen molar-refractivity contribution in [1.29, 1.82) is 0 Å². The lowest BCUT2D eigenvalue weighted by atomic mass is 9.87. The SMILES string of the molecule is CC(NC(=O)[C@@H](N)C(C)(C)C)c1noc(-c2ccccc2)n1.Cl. The molecule has 126 valence electrons. The van der Waals surface area contributed by atoms with E-state index in [4.69, 9.17) is 10.3 Å². The first kappa shape index (κ1) is 19.1. The van der Waals surface area contributed by atoms with Gasteiger partial charge in [0.1, 0.15) is 0 Å². The maximum Gasteiger partial charge on any atom is 0.257 e. The Bertz CT molecular complexity index is 637. The van der Waals surface area contributed by atoms with Gasteiger partial charge in [-0.15, -0.1) is 12.4 Å². The molecule has 0 saturated carbocycles. The van der Waals surface area contributed by atoms with Crippen LogP contribution in [0.3, 0.4) is 0 Å². The second kappa shape index (κ2) is 7.57. The first-order chi connectivity index (χ1) is 10.3. The Labute approximate surface area is 142 Å². The minimum absolute atomic E-state index is 0. The smallest absolute Gasteiger partial charge is 0.257 e. The van der Waals surface area contributed by atoms with Gasteiger partial charge in [-0.1, -0.05) is 44.1 Å². The van der Waals surface area contributed by atoms with Crippen LogP contribution in [0, 0.1) is 5.41 Å². The molecule has 1 heterocycles. The van der Waals surface area contributed by atoms with Gasteiger partial charge in [-0.2, -0.15) is 4.98 Å². The van der Waals surface area contributed by atoms with Crippen molar-refractivity contribution < 1.29 is 9.32 Å². The molecule has 1 amide bonds. The molecular weight excluding hydrogens is 316 g/mol. The van der Waals surface area contributed by atoms with Crippen LogP contribution >= 0.6 is 12.4 Å². The second-order valence-electron chi connectivity index (χ2n) is 6.40. The summed E-state index contributed by atoms with van der Waals surface area (Å²) in [5.74, 6) is 0.621. The summed E-state index contributed by atoms with van der Waals surface area (Å²) in [6.07, 6.45) is 0. The minimum Gasteiger partial charge on any atom is -0.345 e. The van der Waals surface area contributed by atoms with Crippen molar-refractivity contribution in [3.8, 4) is 11.5 Å². The zero-order valence-corrected chi connectivity index (χ0v) is 14.6. The molecule has 2 aromatic rings. The highest BCUT2D eigenvalue weighted by Crippen LogP contribution is 2.20. The molecule has 0 saturated heterocycles. The molecule has 2 rings (SSSR count). The van der Waals surface area contributed by atoms with Crippen LogP contribution < -0.4 is 11.1 Å². The number of hydrogen-bond acceptors (Lipinski definition) is 5. The summed E-state index contributed by atoms with van der Waals surface area (Å²) in [6.45, 7) is 7.56. The number of nitrogens with two attached hydrogens (primary N) is 1. The Morgan fingerprint density at radius 3 is 2.43 bits per heavy atom. The topological polar surface area (TPSA) is 94.0 Å². The molecule has 0 aliphatic heterocycles. The van der Waals surface area contributed by atoms with Crippen molar-refractivity contribution in [2.75, 3.05) is 0 Å². The third-order valence-corrected chi connectivity index (χ3v) is 3.42. The number of benzene rings is 1. The molecule has 0 bridgehead atoms. The Hall–Kier alpha value is -1.92. The van der Waals surface area contributed by atoms with Gasteiger partial charge in [0.05, 0.1) is 12.1 Å². The third kappa shape index (κ3) is 4.77. The van der Waals surface area contributed by atoms with Gasteiger partial charge in [-0.3, -0.25) is 4.79 Å². The van der Waals surface area contributed by atoms with E-state index in [0.29, 0.717) is 11.7 Å². The molecule has 3 N–H and O–H groups in total. The van der Waals surface area contributed by atoms with Crippen LogP contribution in [0.4, 0.5) is 0 Å². The van der Waals surface area contributed by atoms with Gasteiger partial charge in [0, 0.05) is 5.56 Å². The lowest BCUT2D eigenvalue weighted by Gasteiger charge is -2.26. The molecule has 1 aromatic carbocycles. The predicted octanol–water partition coefficient (Wildman–Crippen LogP) is 2.71. The minimum atomic E-state index is -0.601. The lowest BCUT2D eigenvalue weighted by molar-refractivity contribution is -0.125. The zero-order valence-electron chi connectivity index (χ0n) is 13.7. The van der Waals surface area contributed by atoms with Crippen molar-refractivity contribution in [2.45, 2.75) is 39.8 Å². The third-order valence-electron chi connectivity index (χ3n) is 3.42. The number of nitrogens with zero attached hydrogens (tertiary/aromatic N) is 2. The summed E-state index contributed by atoms with van der Waals surface area (Å²) in [6, 6.07) is 8.50. The average molecular weight is 339 g/mol. The maximum absolute atomic E-state index is 12.1. The zero-order chi connectivity index (χ0) is 16.3. The van der Waals surface area contributed by atoms with Gasteiger partial charge in [0.2, 0.25) is 5.91 Å². The number of halogens is 1. The predicted molar refractivity (Wildman–Crippen MR) is 91.0 cm³/mol. The average Bonchev–Trinajstić information content (AvgIpc) is 2.96. The van der Waals surface area contributed by atoms with Crippen molar-refractivity contribution in [1.82, 2.24) is 15.5 Å². The van der Waals surface area contributed by atoms with E-state index in [1.165, 1.54) is 0 Å². The molecule has 0 fully saturated rings. The molecule has 23 heavy (non-hydrogen) atoms. The van der Waals surface area contributed by atoms with Gasteiger partial charge in [0.15, 0.2) is 5.82 Å². The van der Waals surface area contributed by atoms with Crippen LogP contribution in [0.1, 0.15) is 39.6 Å². The number of rotatable bonds is 4. The molecule has 0 spiro atoms. The van der Waals surface area contributed by atoms with Crippen LogP contribution in [0.15, 0.2) is 34.9 Å². The van der Waals surface area contributed by atoms with E-state index in [1.54, 1.807) is 6.92 Å². The van der Waals surface area contributed by atoms with Crippen LogP contribution in [0.2, 0.25) is 0 Å². The van der Waals surface area contributed by atoms with Crippen molar-refractivity contribution in [2.24, 2.45) is 11.1 Å². The number of carbonyl (C=O) groups excluding carboxylic acids is 1. The van der Waals surface area contributed by atoms with E-state index < -0.39 is 6.04 Å². The number of carbonyl (C=O) groups is 1. The molecule has 7 heteroatoms. The van der Waals surface area contributed by atoms with E-state index in [9.17, 15) is 4.79 Å². The Kier molecular flexibility index (Phi) is 6.29. The van der Waals surface area contributed by atoms with Crippen molar-refractivity contribution >= 4 is 18.3 Å². The highest BCUT2D eigenvalue weighted by molar-refractivity contribution is 5.85. The molecule has 0 radical (unpaired) electrons. The van der Waals surface area contributed by atoms with Crippen molar-refractivity contribution in [3.63, 3.8) is 0 Å². The van der Waals surface area contributed by atoms with Gasteiger partial charge < -0.3 is 15.6 Å². The molecule has 1 aromatic heterocycles. The van der Waals surface area contributed by atoms with E-state index in [0.717, 1.165) is 5.56 Å². The van der Waals surface area contributed by atoms with Crippen LogP contribution in [0.5, 0.6) is 0 Å². The number of hydrogen-bond donors (Lipinski definition) is 2. The summed E-state index contributed by atoms with van der Waals surface area (Å²) in [4.78, 5) is 16.4. The first-order valence-corrected chi connectivity index (χ1v) is 7.24. The summed E-state index contributed by atoms with van der Waals surface area (Å²) in [5.41, 5.74) is 6.47. The fourth-order valence-electron chi connectivity index (χ4n) is 1.87. The molecule has 1 unspecified atom stereocenters. The fourth-order valence-corrected chi connectivity index (χ4v) is 1.87. The van der Waals surface area contributed by atoms with E-state index in [2.05, 4.69) is 15.5 Å². The normalized spacial score (nSPS) is 13.8. The van der Waals surface area contributed by atoms with Gasteiger partial charge in [-0.25, -0.2) is 0 Å². The van der Waals surface area contributed by atoms with Crippen molar-refractivity contribution in [3.05, 3.63) is 36.2 Å². The van der Waals surface area contributed by atoms with Crippen LogP contribution in [0.25, 0.3) is 11.5 Å². The molecule has 6 nitrogen and oxygen atoms in total. The van der Waals surface area contributed by atoms with E-state index in [1.807, 2.05) is 51.1 Å². The summed E-state index contributed by atoms with van der Waals surface area (Å²) in [5, 5.41) is 6.74.